The molecule has 5 heteroatoms. The fraction of sp³-hybridized carbons (Fsp3) is 0.111. The van der Waals surface area contributed by atoms with E-state index in [0.29, 0.717) is 10.8 Å². The van der Waals surface area contributed by atoms with Gasteiger partial charge >= 0.3 is 5.35 Å². The van der Waals surface area contributed by atoms with E-state index >= 15 is 0 Å². The van der Waals surface area contributed by atoms with Crippen LogP contribution in [-0.2, 0) is 0 Å². The summed E-state index contributed by atoms with van der Waals surface area (Å²) in [7, 11) is 0. The molecule has 0 aliphatic heterocycles. The van der Waals surface area contributed by atoms with Crippen molar-refractivity contribution in [3.63, 3.8) is 0 Å². The van der Waals surface area contributed by atoms with Gasteiger partial charge in [-0.1, -0.05) is 28.9 Å². The minimum Gasteiger partial charge on any atom is -0.321 e. The molecular weight excluding hydrogens is 223 g/mol. The first-order valence-corrected chi connectivity index (χ1v) is 4.68. The van der Waals surface area contributed by atoms with Crippen LogP contribution in [-0.4, -0.2) is 10.1 Å². The Morgan fingerprint density at radius 1 is 1.29 bits per heavy atom. The quantitative estimate of drug-likeness (QED) is 0.752. The third-order valence-electron chi connectivity index (χ3n) is 1.83. The van der Waals surface area contributed by atoms with Gasteiger partial charge in [-0.2, -0.15) is 4.98 Å². The molecular formula is C9H6Cl2N2O. The fourth-order valence-electron chi connectivity index (χ4n) is 1.05. The van der Waals surface area contributed by atoms with Crippen molar-refractivity contribution in [3.8, 4) is 11.4 Å². The maximum atomic E-state index is 5.95. The van der Waals surface area contributed by atoms with E-state index in [1.165, 1.54) is 0 Å². The second-order valence-corrected chi connectivity index (χ2v) is 3.57. The molecule has 1 aromatic heterocycles. The zero-order valence-electron chi connectivity index (χ0n) is 7.29. The van der Waals surface area contributed by atoms with Crippen molar-refractivity contribution in [1.29, 1.82) is 0 Å². The lowest BCUT2D eigenvalue weighted by Gasteiger charge is -1.98. The van der Waals surface area contributed by atoms with Crippen LogP contribution in [0.3, 0.4) is 0 Å². The zero-order valence-corrected chi connectivity index (χ0v) is 8.80. The molecule has 0 N–H and O–H groups in total. The molecule has 0 radical (unpaired) electrons. The molecule has 1 aromatic carbocycles. The van der Waals surface area contributed by atoms with Gasteiger partial charge < -0.3 is 4.52 Å². The summed E-state index contributed by atoms with van der Waals surface area (Å²) in [4.78, 5) is 3.88. The van der Waals surface area contributed by atoms with E-state index < -0.39 is 0 Å². The predicted molar refractivity (Wildman–Crippen MR) is 54.5 cm³/mol. The van der Waals surface area contributed by atoms with Crippen molar-refractivity contribution in [2.75, 3.05) is 0 Å². The van der Waals surface area contributed by atoms with Gasteiger partial charge in [-0.15, -0.1) is 0 Å². The van der Waals surface area contributed by atoms with Gasteiger partial charge in [0, 0.05) is 10.6 Å². The number of hydrogen-bond acceptors (Lipinski definition) is 3. The fourth-order valence-corrected chi connectivity index (χ4v) is 1.35. The summed E-state index contributed by atoms with van der Waals surface area (Å²) >= 11 is 11.5. The van der Waals surface area contributed by atoms with Crippen molar-refractivity contribution < 1.29 is 4.52 Å². The van der Waals surface area contributed by atoms with Crippen LogP contribution >= 0.6 is 23.2 Å². The molecule has 14 heavy (non-hydrogen) atoms. The standard InChI is InChI=1S/C9H6Cl2N2O/c1-5-2-3-6(4-7(5)10)8-12-9(11)14-13-8/h2-4H,1H3. The lowest BCUT2D eigenvalue weighted by Crippen LogP contribution is -1.82. The summed E-state index contributed by atoms with van der Waals surface area (Å²) in [5.41, 5.74) is 1.79. The smallest absolute Gasteiger partial charge is 0.320 e. The molecule has 0 amide bonds. The number of halogens is 2. The predicted octanol–water partition coefficient (Wildman–Crippen LogP) is 3.35. The van der Waals surface area contributed by atoms with Gasteiger partial charge in [0.05, 0.1) is 0 Å². The van der Waals surface area contributed by atoms with Gasteiger partial charge in [0.15, 0.2) is 0 Å². The van der Waals surface area contributed by atoms with Crippen LogP contribution in [0.1, 0.15) is 5.56 Å². The van der Waals surface area contributed by atoms with Crippen LogP contribution in [0.5, 0.6) is 0 Å². The maximum absolute atomic E-state index is 5.95. The Labute approximate surface area is 90.6 Å². The highest BCUT2D eigenvalue weighted by molar-refractivity contribution is 6.31. The Morgan fingerprint density at radius 2 is 2.07 bits per heavy atom. The van der Waals surface area contributed by atoms with Gasteiger partial charge in [0.25, 0.3) is 0 Å². The van der Waals surface area contributed by atoms with E-state index in [-0.39, 0.29) is 5.35 Å². The van der Waals surface area contributed by atoms with Crippen molar-refractivity contribution >= 4 is 23.2 Å². The Bertz CT molecular complexity index is 468. The van der Waals surface area contributed by atoms with Crippen LogP contribution in [0, 0.1) is 6.92 Å². The first kappa shape index (κ1) is 9.49. The molecule has 0 aliphatic rings. The molecule has 0 spiro atoms. The summed E-state index contributed by atoms with van der Waals surface area (Å²) < 4.78 is 4.65. The summed E-state index contributed by atoms with van der Waals surface area (Å²) in [6.07, 6.45) is 0. The van der Waals surface area contributed by atoms with E-state index in [0.717, 1.165) is 11.1 Å². The average Bonchev–Trinajstić information content (AvgIpc) is 2.57. The first-order valence-electron chi connectivity index (χ1n) is 3.92. The second kappa shape index (κ2) is 3.59. The van der Waals surface area contributed by atoms with E-state index in [4.69, 9.17) is 23.2 Å². The monoisotopic (exact) mass is 228 g/mol. The molecule has 0 fully saturated rings. The molecule has 0 bridgehead atoms. The molecule has 1 heterocycles. The van der Waals surface area contributed by atoms with Gasteiger partial charge in [-0.05, 0) is 30.2 Å². The topological polar surface area (TPSA) is 38.9 Å². The molecule has 0 saturated carbocycles. The summed E-state index contributed by atoms with van der Waals surface area (Å²) in [6, 6.07) is 5.53. The largest absolute Gasteiger partial charge is 0.321 e. The van der Waals surface area contributed by atoms with Crippen molar-refractivity contribution in [2.24, 2.45) is 0 Å². The lowest BCUT2D eigenvalue weighted by molar-refractivity contribution is 0.421. The summed E-state index contributed by atoms with van der Waals surface area (Å²) in [5, 5.41) is 4.37. The first-order chi connectivity index (χ1) is 6.66. The van der Waals surface area contributed by atoms with Crippen LogP contribution in [0.25, 0.3) is 11.4 Å². The Hall–Kier alpha value is -1.06. The van der Waals surface area contributed by atoms with E-state index in [1.807, 2.05) is 19.1 Å². The number of aryl methyl sites for hydroxylation is 1. The molecule has 72 valence electrons. The van der Waals surface area contributed by atoms with Crippen molar-refractivity contribution in [1.82, 2.24) is 10.1 Å². The molecule has 2 aromatic rings. The highest BCUT2D eigenvalue weighted by Gasteiger charge is 2.07. The van der Waals surface area contributed by atoms with E-state index in [1.54, 1.807) is 6.07 Å². The number of hydrogen-bond donors (Lipinski definition) is 0. The third-order valence-corrected chi connectivity index (χ3v) is 2.39. The minimum atomic E-state index is 0.0247. The Kier molecular flexibility index (Phi) is 2.44. The minimum absolute atomic E-state index is 0.0247. The maximum Gasteiger partial charge on any atom is 0.320 e. The number of nitrogens with zero attached hydrogens (tertiary/aromatic N) is 2. The summed E-state index contributed by atoms with van der Waals surface area (Å²) in [6.45, 7) is 1.93. The average molecular weight is 229 g/mol. The molecule has 0 aliphatic carbocycles. The number of aromatic nitrogens is 2. The lowest BCUT2D eigenvalue weighted by atomic mass is 10.1. The number of benzene rings is 1. The van der Waals surface area contributed by atoms with Gasteiger partial charge in [0.2, 0.25) is 5.82 Å². The van der Waals surface area contributed by atoms with Crippen molar-refractivity contribution in [2.45, 2.75) is 6.92 Å². The van der Waals surface area contributed by atoms with Gasteiger partial charge in [0.1, 0.15) is 0 Å². The van der Waals surface area contributed by atoms with Gasteiger partial charge in [-0.25, -0.2) is 0 Å². The Morgan fingerprint density at radius 3 is 2.64 bits per heavy atom. The molecule has 2 rings (SSSR count). The number of rotatable bonds is 1. The molecule has 3 nitrogen and oxygen atoms in total. The van der Waals surface area contributed by atoms with Crippen LogP contribution in [0.4, 0.5) is 0 Å². The zero-order chi connectivity index (χ0) is 10.1. The highest BCUT2D eigenvalue weighted by atomic mass is 35.5. The highest BCUT2D eigenvalue weighted by Crippen LogP contribution is 2.23. The molecule has 0 unspecified atom stereocenters. The SMILES string of the molecule is Cc1ccc(-c2noc(Cl)n2)cc1Cl. The second-order valence-electron chi connectivity index (χ2n) is 2.83. The normalized spacial score (nSPS) is 10.5. The van der Waals surface area contributed by atoms with Crippen LogP contribution in [0.2, 0.25) is 10.4 Å². The van der Waals surface area contributed by atoms with E-state index in [2.05, 4.69) is 14.7 Å². The van der Waals surface area contributed by atoms with Crippen LogP contribution < -0.4 is 0 Å². The van der Waals surface area contributed by atoms with E-state index in [9.17, 15) is 0 Å². The Balaban J connectivity index is 2.47. The van der Waals surface area contributed by atoms with Crippen LogP contribution in [0.15, 0.2) is 22.7 Å². The summed E-state index contributed by atoms with van der Waals surface area (Å²) in [5.74, 6) is 0.442. The van der Waals surface area contributed by atoms with Gasteiger partial charge in [-0.3, -0.25) is 0 Å². The van der Waals surface area contributed by atoms with Crippen molar-refractivity contribution in [3.05, 3.63) is 34.1 Å². The molecule has 0 atom stereocenters. The molecule has 0 saturated heterocycles. The third kappa shape index (κ3) is 1.74.